The highest BCUT2D eigenvalue weighted by Crippen LogP contribution is 2.37. The Kier molecular flexibility index (Phi) is 6.26. The van der Waals surface area contributed by atoms with Gasteiger partial charge in [0.15, 0.2) is 0 Å². The number of anilines is 5. The van der Waals surface area contributed by atoms with E-state index in [1.165, 1.54) is 6.42 Å². The first-order valence-electron chi connectivity index (χ1n) is 10.7. The Hall–Kier alpha value is -2.55. The number of hydrogen-bond acceptors (Lipinski definition) is 7. The van der Waals surface area contributed by atoms with Gasteiger partial charge in [-0.25, -0.2) is 0 Å². The molecule has 2 aromatic rings. The third-order valence-corrected chi connectivity index (χ3v) is 6.08. The van der Waals surface area contributed by atoms with Crippen molar-refractivity contribution in [3.05, 3.63) is 42.0 Å². The summed E-state index contributed by atoms with van der Waals surface area (Å²) in [7, 11) is 1.83. The van der Waals surface area contributed by atoms with Crippen molar-refractivity contribution in [1.82, 2.24) is 4.90 Å². The van der Waals surface area contributed by atoms with E-state index in [1.807, 2.05) is 25.2 Å². The van der Waals surface area contributed by atoms with Crippen molar-refractivity contribution in [2.24, 2.45) is 17.4 Å². The second-order valence-electron chi connectivity index (χ2n) is 8.14. The lowest BCUT2D eigenvalue weighted by Gasteiger charge is -2.21. The van der Waals surface area contributed by atoms with Crippen LogP contribution in [0.3, 0.4) is 0 Å². The number of hydrogen-bond donors (Lipinski definition) is 5. The Morgan fingerprint density at radius 3 is 2.67 bits per heavy atom. The minimum Gasteiger partial charge on any atom is -0.388 e. The number of nitrogens with two attached hydrogens (primary N) is 2. The van der Waals surface area contributed by atoms with Crippen LogP contribution in [0, 0.1) is 5.92 Å². The predicted molar refractivity (Wildman–Crippen MR) is 123 cm³/mol. The molecule has 0 bridgehead atoms. The van der Waals surface area contributed by atoms with Crippen molar-refractivity contribution < 1.29 is 4.48 Å². The SMILES string of the molecule is CNc1ccc(N(F)c2ccc3c(c2)NC(CN2CCC(CCN)C2)N3)cc1CN. The van der Waals surface area contributed by atoms with Crippen LogP contribution in [0.5, 0.6) is 0 Å². The van der Waals surface area contributed by atoms with Crippen LogP contribution in [-0.2, 0) is 6.54 Å². The van der Waals surface area contributed by atoms with Crippen LogP contribution >= 0.6 is 0 Å². The predicted octanol–water partition coefficient (Wildman–Crippen LogP) is 3.04. The normalized spacial score (nSPS) is 20.5. The first-order chi connectivity index (χ1) is 14.6. The number of likely N-dealkylation sites (tertiary alicyclic amines) is 1. The van der Waals surface area contributed by atoms with E-state index in [4.69, 9.17) is 11.5 Å². The van der Waals surface area contributed by atoms with E-state index in [-0.39, 0.29) is 6.17 Å². The summed E-state index contributed by atoms with van der Waals surface area (Å²) >= 11 is 0. The van der Waals surface area contributed by atoms with Gasteiger partial charge >= 0.3 is 0 Å². The summed E-state index contributed by atoms with van der Waals surface area (Å²) in [6.07, 6.45) is 2.44. The van der Waals surface area contributed by atoms with Crippen LogP contribution in [0.25, 0.3) is 0 Å². The highest BCUT2D eigenvalue weighted by atomic mass is 19.2. The monoisotopic (exact) mass is 413 g/mol. The van der Waals surface area contributed by atoms with Crippen molar-refractivity contribution in [2.75, 3.05) is 54.3 Å². The van der Waals surface area contributed by atoms with E-state index in [0.29, 0.717) is 29.0 Å². The van der Waals surface area contributed by atoms with Crippen molar-refractivity contribution in [3.63, 3.8) is 0 Å². The van der Waals surface area contributed by atoms with Gasteiger partial charge < -0.3 is 27.4 Å². The lowest BCUT2D eigenvalue weighted by molar-refractivity contribution is 0.315. The van der Waals surface area contributed by atoms with Gasteiger partial charge in [-0.05, 0) is 73.8 Å². The van der Waals surface area contributed by atoms with Gasteiger partial charge in [0, 0.05) is 32.4 Å². The fourth-order valence-corrected chi connectivity index (χ4v) is 4.47. The Labute approximate surface area is 177 Å². The number of benzene rings is 2. The van der Waals surface area contributed by atoms with Crippen LogP contribution in [0.1, 0.15) is 18.4 Å². The average molecular weight is 414 g/mol. The first-order valence-corrected chi connectivity index (χ1v) is 10.7. The van der Waals surface area contributed by atoms with E-state index in [1.54, 1.807) is 18.2 Å². The molecule has 0 radical (unpaired) electrons. The van der Waals surface area contributed by atoms with Crippen molar-refractivity contribution in [3.8, 4) is 0 Å². The molecule has 7 nitrogen and oxygen atoms in total. The molecule has 2 atom stereocenters. The fourth-order valence-electron chi connectivity index (χ4n) is 4.47. The zero-order valence-corrected chi connectivity index (χ0v) is 17.5. The lowest BCUT2D eigenvalue weighted by atomic mass is 10.1. The van der Waals surface area contributed by atoms with Crippen molar-refractivity contribution >= 4 is 28.4 Å². The van der Waals surface area contributed by atoms with Crippen LogP contribution in [0.2, 0.25) is 0 Å². The molecule has 0 amide bonds. The lowest BCUT2D eigenvalue weighted by Crippen LogP contribution is -2.37. The second-order valence-corrected chi connectivity index (χ2v) is 8.14. The quantitative estimate of drug-likeness (QED) is 0.425. The van der Waals surface area contributed by atoms with Gasteiger partial charge in [0.2, 0.25) is 0 Å². The minimum atomic E-state index is 0.124. The molecule has 0 saturated carbocycles. The van der Waals surface area contributed by atoms with Gasteiger partial charge in [0.05, 0.1) is 22.7 Å². The summed E-state index contributed by atoms with van der Waals surface area (Å²) in [5.41, 5.74) is 16.1. The molecule has 0 spiro atoms. The molecule has 30 heavy (non-hydrogen) atoms. The minimum absolute atomic E-state index is 0.124. The van der Waals surface area contributed by atoms with Crippen LogP contribution in [0.15, 0.2) is 36.4 Å². The molecule has 2 aromatic carbocycles. The number of fused-ring (bicyclic) bond motifs is 1. The van der Waals surface area contributed by atoms with Crippen molar-refractivity contribution in [1.29, 1.82) is 0 Å². The van der Waals surface area contributed by atoms with Crippen LogP contribution < -0.4 is 32.5 Å². The fraction of sp³-hybridized carbons (Fsp3) is 0.455. The maximum atomic E-state index is 15.1. The Morgan fingerprint density at radius 2 is 1.90 bits per heavy atom. The molecule has 0 aliphatic carbocycles. The van der Waals surface area contributed by atoms with Crippen LogP contribution in [0.4, 0.5) is 32.9 Å². The van der Waals surface area contributed by atoms with Crippen molar-refractivity contribution in [2.45, 2.75) is 25.6 Å². The smallest absolute Gasteiger partial charge is 0.110 e. The second kappa shape index (κ2) is 9.07. The molecule has 1 saturated heterocycles. The van der Waals surface area contributed by atoms with Gasteiger partial charge in [-0.2, -0.15) is 5.12 Å². The summed E-state index contributed by atoms with van der Waals surface area (Å²) in [4.78, 5) is 2.47. The van der Waals surface area contributed by atoms with Gasteiger partial charge in [0.1, 0.15) is 6.17 Å². The topological polar surface area (TPSA) is 94.6 Å². The molecule has 8 heteroatoms. The molecule has 162 valence electrons. The molecule has 7 N–H and O–H groups in total. The Bertz CT molecular complexity index is 875. The largest absolute Gasteiger partial charge is 0.388 e. The number of nitrogens with zero attached hydrogens (tertiary/aromatic N) is 2. The Morgan fingerprint density at radius 1 is 1.13 bits per heavy atom. The van der Waals surface area contributed by atoms with Crippen LogP contribution in [-0.4, -0.2) is 44.3 Å². The van der Waals surface area contributed by atoms with Gasteiger partial charge in [-0.1, -0.05) is 4.48 Å². The van der Waals surface area contributed by atoms with E-state index in [2.05, 4.69) is 20.9 Å². The molecular weight excluding hydrogens is 381 g/mol. The standard InChI is InChI=1S/C22H32FN7/c1-26-19-4-2-17(10-16(19)12-25)30(23)18-3-5-20-21(11-18)28-22(27-20)14-29-9-7-15(13-29)6-8-24/h2-5,10-11,15,22,26-28H,6-9,12-14,24-25H2,1H3. The molecule has 2 heterocycles. The van der Waals surface area contributed by atoms with Gasteiger partial charge in [0.25, 0.3) is 0 Å². The van der Waals surface area contributed by atoms with E-state index in [0.717, 1.165) is 55.2 Å². The molecule has 4 rings (SSSR count). The summed E-state index contributed by atoms with van der Waals surface area (Å²) in [6.45, 7) is 4.23. The zero-order valence-electron chi connectivity index (χ0n) is 17.5. The van der Waals surface area contributed by atoms with E-state index in [9.17, 15) is 0 Å². The highest BCUT2D eigenvalue weighted by Gasteiger charge is 2.27. The summed E-state index contributed by atoms with van der Waals surface area (Å²) in [5, 5.41) is 10.8. The maximum Gasteiger partial charge on any atom is 0.110 e. The molecular formula is C22H32FN7. The molecule has 2 unspecified atom stereocenters. The van der Waals surface area contributed by atoms with Gasteiger partial charge in [-0.3, -0.25) is 4.90 Å². The highest BCUT2D eigenvalue weighted by molar-refractivity contribution is 5.80. The molecule has 2 aliphatic rings. The third kappa shape index (κ3) is 4.30. The summed E-state index contributed by atoms with van der Waals surface area (Å²) in [5.74, 6) is 0.707. The number of halogens is 1. The Balaban J connectivity index is 1.42. The van der Waals surface area contributed by atoms with E-state index >= 15 is 4.48 Å². The van der Waals surface area contributed by atoms with E-state index < -0.39 is 0 Å². The molecule has 1 fully saturated rings. The first kappa shape index (κ1) is 20.7. The zero-order chi connectivity index (χ0) is 21.1. The van der Waals surface area contributed by atoms with Gasteiger partial charge in [-0.15, -0.1) is 0 Å². The number of rotatable bonds is 8. The number of nitrogens with one attached hydrogen (secondary N) is 3. The summed E-state index contributed by atoms with van der Waals surface area (Å²) in [6, 6.07) is 10.9. The maximum absolute atomic E-state index is 15.1. The summed E-state index contributed by atoms with van der Waals surface area (Å²) < 4.78 is 15.1. The third-order valence-electron chi connectivity index (χ3n) is 6.08. The average Bonchev–Trinajstić information content (AvgIpc) is 3.38. The molecule has 0 aromatic heterocycles. The molecule has 2 aliphatic heterocycles.